The van der Waals surface area contributed by atoms with E-state index in [1.54, 1.807) is 11.1 Å². The highest BCUT2D eigenvalue weighted by atomic mass is 16.5. The zero-order valence-corrected chi connectivity index (χ0v) is 15.4. The summed E-state index contributed by atoms with van der Waals surface area (Å²) in [5.74, 6) is 0.885. The summed E-state index contributed by atoms with van der Waals surface area (Å²) in [5, 5.41) is 4.04. The van der Waals surface area contributed by atoms with Crippen molar-refractivity contribution in [3.63, 3.8) is 0 Å². The molecule has 28 heavy (non-hydrogen) atoms. The summed E-state index contributed by atoms with van der Waals surface area (Å²) in [6, 6.07) is 9.77. The van der Waals surface area contributed by atoms with E-state index in [0.29, 0.717) is 43.6 Å². The van der Waals surface area contributed by atoms with Gasteiger partial charge >= 0.3 is 0 Å². The van der Waals surface area contributed by atoms with Gasteiger partial charge in [0.2, 0.25) is 5.89 Å². The molecule has 1 atom stereocenters. The van der Waals surface area contributed by atoms with Crippen molar-refractivity contribution in [2.75, 3.05) is 13.2 Å². The van der Waals surface area contributed by atoms with Crippen LogP contribution in [0.5, 0.6) is 0 Å². The molecule has 8 heteroatoms. The molecule has 1 aliphatic heterocycles. The number of carbonyl (C=O) groups excluding carboxylic acids is 1. The third kappa shape index (κ3) is 4.23. The second-order valence-electron chi connectivity index (χ2n) is 6.58. The lowest BCUT2D eigenvalue weighted by Crippen LogP contribution is -2.31. The van der Waals surface area contributed by atoms with Crippen LogP contribution < -0.4 is 0 Å². The maximum atomic E-state index is 12.7. The van der Waals surface area contributed by atoms with Gasteiger partial charge in [0.15, 0.2) is 5.82 Å². The number of rotatable bonds is 7. The first-order chi connectivity index (χ1) is 13.8. The molecule has 1 amide bonds. The van der Waals surface area contributed by atoms with Crippen molar-refractivity contribution in [1.29, 1.82) is 0 Å². The van der Waals surface area contributed by atoms with Crippen LogP contribution in [-0.2, 0) is 17.8 Å². The first-order valence-corrected chi connectivity index (χ1v) is 9.32. The molecule has 1 saturated heterocycles. The van der Waals surface area contributed by atoms with Crippen LogP contribution in [0.15, 0.2) is 53.4 Å². The fourth-order valence-corrected chi connectivity index (χ4v) is 3.26. The topological polar surface area (TPSA) is 94.2 Å². The molecule has 0 N–H and O–H groups in total. The molecule has 3 heterocycles. The lowest BCUT2D eigenvalue weighted by atomic mass is 10.2. The zero-order chi connectivity index (χ0) is 19.2. The van der Waals surface area contributed by atoms with Crippen LogP contribution >= 0.6 is 0 Å². The van der Waals surface area contributed by atoms with E-state index >= 15 is 0 Å². The van der Waals surface area contributed by atoms with Crippen LogP contribution in [0.4, 0.5) is 0 Å². The van der Waals surface area contributed by atoms with Gasteiger partial charge in [0.25, 0.3) is 5.91 Å². The van der Waals surface area contributed by atoms with Gasteiger partial charge in [-0.2, -0.15) is 4.98 Å². The molecule has 0 spiro atoms. The van der Waals surface area contributed by atoms with Crippen LogP contribution in [0.2, 0.25) is 0 Å². The molecule has 144 valence electrons. The molecule has 2 aromatic heterocycles. The van der Waals surface area contributed by atoms with Crippen molar-refractivity contribution >= 4 is 5.91 Å². The molecule has 1 fully saturated rings. The van der Waals surface area contributed by atoms with E-state index in [1.165, 1.54) is 12.4 Å². The number of hydrogen-bond donors (Lipinski definition) is 0. The van der Waals surface area contributed by atoms with Gasteiger partial charge < -0.3 is 14.2 Å². The van der Waals surface area contributed by atoms with E-state index in [2.05, 4.69) is 20.1 Å². The number of hydrogen-bond acceptors (Lipinski definition) is 7. The van der Waals surface area contributed by atoms with Crippen molar-refractivity contribution in [1.82, 2.24) is 25.0 Å². The van der Waals surface area contributed by atoms with Crippen LogP contribution in [0.3, 0.4) is 0 Å². The molecule has 3 aromatic rings. The molecular weight excluding hydrogens is 358 g/mol. The average molecular weight is 379 g/mol. The number of carbonyl (C=O) groups is 1. The van der Waals surface area contributed by atoms with Gasteiger partial charge in [-0.15, -0.1) is 0 Å². The number of benzene rings is 1. The third-order valence-electron chi connectivity index (χ3n) is 4.65. The Labute approximate surface area is 162 Å². The Hall–Kier alpha value is -3.13. The van der Waals surface area contributed by atoms with Crippen molar-refractivity contribution in [3.05, 3.63) is 71.9 Å². The molecule has 0 saturated carbocycles. The highest BCUT2D eigenvalue weighted by molar-refractivity contribution is 5.92. The maximum Gasteiger partial charge on any atom is 0.274 e. The Bertz CT molecular complexity index is 900. The van der Waals surface area contributed by atoms with Gasteiger partial charge in [-0.3, -0.25) is 9.78 Å². The molecule has 1 unspecified atom stereocenters. The Morgan fingerprint density at radius 3 is 2.96 bits per heavy atom. The second-order valence-corrected chi connectivity index (χ2v) is 6.58. The number of ether oxygens (including phenoxy) is 1. The zero-order valence-electron chi connectivity index (χ0n) is 15.4. The standard InChI is InChI=1S/C20H21N5O3/c26-20(16-13-21-9-10-22-16)25-11-4-7-17(25)19-23-18(24-28-19)8-12-27-14-15-5-2-1-3-6-15/h1-3,5-6,9-10,13,17H,4,7-8,11-12,14H2. The first-order valence-electron chi connectivity index (χ1n) is 9.32. The van der Waals surface area contributed by atoms with Gasteiger partial charge in [0, 0.05) is 25.4 Å². The smallest absolute Gasteiger partial charge is 0.274 e. The van der Waals surface area contributed by atoms with E-state index in [0.717, 1.165) is 18.4 Å². The molecule has 0 aliphatic carbocycles. The fourth-order valence-electron chi connectivity index (χ4n) is 3.26. The highest BCUT2D eigenvalue weighted by Gasteiger charge is 2.35. The number of likely N-dealkylation sites (tertiary alicyclic amines) is 1. The Kier molecular flexibility index (Phi) is 5.67. The molecule has 8 nitrogen and oxygen atoms in total. The normalized spacial score (nSPS) is 16.4. The number of amides is 1. The predicted octanol–water partition coefficient (Wildman–Crippen LogP) is 2.60. The van der Waals surface area contributed by atoms with Crippen molar-refractivity contribution in [2.45, 2.75) is 31.9 Å². The lowest BCUT2D eigenvalue weighted by Gasteiger charge is -2.21. The molecule has 0 radical (unpaired) electrons. The van der Waals surface area contributed by atoms with Gasteiger partial charge in [-0.05, 0) is 18.4 Å². The second kappa shape index (κ2) is 8.71. The monoisotopic (exact) mass is 379 g/mol. The fraction of sp³-hybridized carbons (Fsp3) is 0.350. The van der Waals surface area contributed by atoms with Crippen LogP contribution in [-0.4, -0.2) is 44.1 Å². The highest BCUT2D eigenvalue weighted by Crippen LogP contribution is 2.31. The van der Waals surface area contributed by atoms with Crippen molar-refractivity contribution < 1.29 is 14.1 Å². The molecule has 0 bridgehead atoms. The Morgan fingerprint density at radius 1 is 1.25 bits per heavy atom. The Morgan fingerprint density at radius 2 is 2.14 bits per heavy atom. The van der Waals surface area contributed by atoms with Crippen molar-refractivity contribution in [2.24, 2.45) is 0 Å². The summed E-state index contributed by atoms with van der Waals surface area (Å²) in [5.41, 5.74) is 1.45. The molecule has 1 aromatic carbocycles. The molecule has 1 aliphatic rings. The van der Waals surface area contributed by atoms with Gasteiger partial charge in [0.1, 0.15) is 11.7 Å². The van der Waals surface area contributed by atoms with Crippen LogP contribution in [0.1, 0.15) is 46.7 Å². The summed E-state index contributed by atoms with van der Waals surface area (Å²) in [6.07, 6.45) is 6.76. The summed E-state index contributed by atoms with van der Waals surface area (Å²) >= 11 is 0. The minimum atomic E-state index is -0.221. The third-order valence-corrected chi connectivity index (χ3v) is 4.65. The predicted molar refractivity (Wildman–Crippen MR) is 99.1 cm³/mol. The lowest BCUT2D eigenvalue weighted by molar-refractivity contribution is 0.0703. The average Bonchev–Trinajstić information content (AvgIpc) is 3.41. The SMILES string of the molecule is O=C(c1cnccn1)N1CCCC1c1nc(CCOCc2ccccc2)no1. The van der Waals surface area contributed by atoms with Gasteiger partial charge in [-0.25, -0.2) is 4.98 Å². The van der Waals surface area contributed by atoms with Crippen LogP contribution in [0, 0.1) is 0 Å². The minimum absolute atomic E-state index is 0.165. The van der Waals surface area contributed by atoms with E-state index in [1.807, 2.05) is 30.3 Å². The summed E-state index contributed by atoms with van der Waals surface area (Å²) in [6.45, 7) is 1.69. The summed E-state index contributed by atoms with van der Waals surface area (Å²) < 4.78 is 11.1. The van der Waals surface area contributed by atoms with Gasteiger partial charge in [-0.1, -0.05) is 35.5 Å². The molecule has 4 rings (SSSR count). The minimum Gasteiger partial charge on any atom is -0.376 e. The van der Waals surface area contributed by atoms with Crippen molar-refractivity contribution in [3.8, 4) is 0 Å². The summed E-state index contributed by atoms with van der Waals surface area (Å²) in [7, 11) is 0. The Balaban J connectivity index is 1.33. The van der Waals surface area contributed by atoms with E-state index < -0.39 is 0 Å². The maximum absolute atomic E-state index is 12.7. The van der Waals surface area contributed by atoms with Gasteiger partial charge in [0.05, 0.1) is 19.4 Å². The quantitative estimate of drug-likeness (QED) is 0.582. The van der Waals surface area contributed by atoms with E-state index in [4.69, 9.17) is 9.26 Å². The van der Waals surface area contributed by atoms with Crippen LogP contribution in [0.25, 0.3) is 0 Å². The molecular formula is C20H21N5O3. The largest absolute Gasteiger partial charge is 0.376 e. The number of aromatic nitrogens is 4. The van der Waals surface area contributed by atoms with E-state index in [9.17, 15) is 4.79 Å². The first kappa shape index (κ1) is 18.2. The number of nitrogens with zero attached hydrogens (tertiary/aromatic N) is 5. The summed E-state index contributed by atoms with van der Waals surface area (Å²) in [4.78, 5) is 27.0. The van der Waals surface area contributed by atoms with E-state index in [-0.39, 0.29) is 11.9 Å².